The standard InChI is InChI=1S/C11H10N4O2S3/c1-2-17-10(16)8-7(6(3-12)9(13)20-8)4-18-11-15-14-5-19-11/h5H,2,4,13H2,1H3. The molecular weight excluding hydrogens is 316 g/mol. The Labute approximate surface area is 127 Å². The van der Waals surface area contributed by atoms with Gasteiger partial charge in [0, 0.05) is 11.3 Å². The van der Waals surface area contributed by atoms with Crippen LogP contribution in [0.2, 0.25) is 0 Å². The molecule has 0 bridgehead atoms. The third-order valence-corrected chi connectivity index (χ3v) is 5.21. The Morgan fingerprint density at radius 3 is 3.05 bits per heavy atom. The minimum absolute atomic E-state index is 0.279. The second-order valence-electron chi connectivity index (χ2n) is 3.47. The fraction of sp³-hybridized carbons (Fsp3) is 0.273. The number of carbonyl (C=O) groups excluding carboxylic acids is 1. The molecule has 2 heterocycles. The van der Waals surface area contributed by atoms with Gasteiger partial charge in [-0.05, 0) is 6.92 Å². The highest BCUT2D eigenvalue weighted by Crippen LogP contribution is 2.35. The quantitative estimate of drug-likeness (QED) is 0.665. The van der Waals surface area contributed by atoms with Crippen molar-refractivity contribution in [2.75, 3.05) is 12.3 Å². The Hall–Kier alpha value is -1.63. The van der Waals surface area contributed by atoms with E-state index in [2.05, 4.69) is 10.2 Å². The molecule has 0 saturated carbocycles. The van der Waals surface area contributed by atoms with Gasteiger partial charge >= 0.3 is 5.97 Å². The van der Waals surface area contributed by atoms with Crippen LogP contribution in [0.1, 0.15) is 27.7 Å². The Morgan fingerprint density at radius 1 is 1.65 bits per heavy atom. The predicted octanol–water partition coefficient (Wildman–Crippen LogP) is 2.52. The molecule has 0 aromatic carbocycles. The van der Waals surface area contributed by atoms with Crippen molar-refractivity contribution in [1.29, 1.82) is 5.26 Å². The number of thiophene rings is 1. The number of rotatable bonds is 5. The van der Waals surface area contributed by atoms with Crippen LogP contribution in [0.15, 0.2) is 9.85 Å². The molecule has 0 aliphatic carbocycles. The summed E-state index contributed by atoms with van der Waals surface area (Å²) in [6.45, 7) is 2.01. The molecule has 2 aromatic rings. The zero-order valence-electron chi connectivity index (χ0n) is 10.5. The molecule has 0 fully saturated rings. The maximum absolute atomic E-state index is 11.9. The number of thioether (sulfide) groups is 1. The average Bonchev–Trinajstić information content (AvgIpc) is 3.03. The van der Waals surface area contributed by atoms with Crippen molar-refractivity contribution < 1.29 is 9.53 Å². The second kappa shape index (κ2) is 6.69. The van der Waals surface area contributed by atoms with Gasteiger partial charge < -0.3 is 10.5 Å². The third-order valence-electron chi connectivity index (χ3n) is 2.29. The van der Waals surface area contributed by atoms with E-state index in [9.17, 15) is 10.1 Å². The van der Waals surface area contributed by atoms with Crippen LogP contribution in [0.4, 0.5) is 5.00 Å². The lowest BCUT2D eigenvalue weighted by Gasteiger charge is -2.02. The third kappa shape index (κ3) is 3.09. The van der Waals surface area contributed by atoms with E-state index in [1.165, 1.54) is 23.1 Å². The normalized spacial score (nSPS) is 10.2. The zero-order chi connectivity index (χ0) is 14.5. The summed E-state index contributed by atoms with van der Waals surface area (Å²) in [7, 11) is 0. The lowest BCUT2D eigenvalue weighted by molar-refractivity contribution is 0.0531. The van der Waals surface area contributed by atoms with Crippen molar-refractivity contribution in [3.05, 3.63) is 21.5 Å². The van der Waals surface area contributed by atoms with Gasteiger partial charge in [0.25, 0.3) is 0 Å². The molecule has 0 aliphatic heterocycles. The van der Waals surface area contributed by atoms with Gasteiger partial charge in [-0.1, -0.05) is 23.1 Å². The van der Waals surface area contributed by atoms with E-state index in [-0.39, 0.29) is 6.61 Å². The van der Waals surface area contributed by atoms with Crippen LogP contribution in [-0.2, 0) is 10.5 Å². The predicted molar refractivity (Wildman–Crippen MR) is 78.9 cm³/mol. The monoisotopic (exact) mass is 326 g/mol. The molecule has 20 heavy (non-hydrogen) atoms. The van der Waals surface area contributed by atoms with Crippen LogP contribution in [0.25, 0.3) is 0 Å². The molecule has 0 aliphatic rings. The van der Waals surface area contributed by atoms with Gasteiger partial charge in [-0.15, -0.1) is 21.5 Å². The fourth-order valence-electron chi connectivity index (χ4n) is 1.47. The Morgan fingerprint density at radius 2 is 2.45 bits per heavy atom. The Bertz CT molecular complexity index is 645. The summed E-state index contributed by atoms with van der Waals surface area (Å²) in [5, 5.41) is 17.2. The lowest BCUT2D eigenvalue weighted by Crippen LogP contribution is -2.05. The summed E-state index contributed by atoms with van der Waals surface area (Å²) in [6.07, 6.45) is 0. The molecule has 6 nitrogen and oxygen atoms in total. The first kappa shape index (κ1) is 14.8. The molecule has 2 rings (SSSR count). The number of ether oxygens (including phenoxy) is 1. The molecule has 0 radical (unpaired) electrons. The van der Waals surface area contributed by atoms with Crippen molar-refractivity contribution in [2.45, 2.75) is 17.0 Å². The van der Waals surface area contributed by atoms with E-state index in [0.717, 1.165) is 15.7 Å². The minimum Gasteiger partial charge on any atom is -0.462 e. The van der Waals surface area contributed by atoms with E-state index >= 15 is 0 Å². The minimum atomic E-state index is -0.446. The van der Waals surface area contributed by atoms with Gasteiger partial charge in [0.15, 0.2) is 4.34 Å². The van der Waals surface area contributed by atoms with Crippen molar-refractivity contribution in [1.82, 2.24) is 10.2 Å². The molecule has 0 spiro atoms. The summed E-state index contributed by atoms with van der Waals surface area (Å²) in [5.41, 5.74) is 8.36. The van der Waals surface area contributed by atoms with Crippen molar-refractivity contribution in [3.63, 3.8) is 0 Å². The summed E-state index contributed by atoms with van der Waals surface area (Å²) in [6, 6.07) is 2.04. The Kier molecular flexibility index (Phi) is 4.94. The largest absolute Gasteiger partial charge is 0.462 e. The number of nitrogens with two attached hydrogens (primary N) is 1. The highest BCUT2D eigenvalue weighted by atomic mass is 32.2. The number of hydrogen-bond acceptors (Lipinski definition) is 9. The van der Waals surface area contributed by atoms with Gasteiger partial charge in [-0.25, -0.2) is 4.79 Å². The van der Waals surface area contributed by atoms with E-state index in [4.69, 9.17) is 10.5 Å². The van der Waals surface area contributed by atoms with E-state index in [0.29, 0.717) is 26.8 Å². The van der Waals surface area contributed by atoms with Crippen LogP contribution < -0.4 is 5.73 Å². The number of nitriles is 1. The first-order chi connectivity index (χ1) is 9.67. The number of hydrogen-bond donors (Lipinski definition) is 1. The van der Waals surface area contributed by atoms with E-state index < -0.39 is 5.97 Å². The molecule has 0 amide bonds. The SMILES string of the molecule is CCOC(=O)c1sc(N)c(C#N)c1CSc1nncs1. The number of nitrogen functional groups attached to an aromatic ring is 1. The average molecular weight is 326 g/mol. The number of carbonyl (C=O) groups is 1. The van der Waals surface area contributed by atoms with Crippen molar-refractivity contribution in [3.8, 4) is 6.07 Å². The molecule has 104 valence electrons. The second-order valence-corrected chi connectivity index (χ2v) is 6.58. The molecular formula is C11H10N4O2S3. The van der Waals surface area contributed by atoms with Gasteiger partial charge in [0.2, 0.25) is 0 Å². The topological polar surface area (TPSA) is 102 Å². The van der Waals surface area contributed by atoms with Crippen LogP contribution in [0.5, 0.6) is 0 Å². The van der Waals surface area contributed by atoms with Gasteiger partial charge in [-0.2, -0.15) is 5.26 Å². The number of nitrogens with zero attached hydrogens (tertiary/aromatic N) is 3. The first-order valence-corrected chi connectivity index (χ1v) is 8.22. The van der Waals surface area contributed by atoms with Crippen molar-refractivity contribution in [2.24, 2.45) is 0 Å². The Balaban J connectivity index is 2.28. The number of anilines is 1. The van der Waals surface area contributed by atoms with Crippen LogP contribution in [0.3, 0.4) is 0 Å². The first-order valence-electron chi connectivity index (χ1n) is 5.54. The van der Waals surface area contributed by atoms with E-state index in [1.54, 1.807) is 12.4 Å². The molecule has 0 unspecified atom stereocenters. The molecule has 2 aromatic heterocycles. The molecule has 9 heteroatoms. The van der Waals surface area contributed by atoms with Crippen LogP contribution >= 0.6 is 34.4 Å². The van der Waals surface area contributed by atoms with Gasteiger partial charge in [0.05, 0.1) is 12.2 Å². The lowest BCUT2D eigenvalue weighted by atomic mass is 10.2. The van der Waals surface area contributed by atoms with Gasteiger partial charge in [-0.3, -0.25) is 0 Å². The maximum Gasteiger partial charge on any atom is 0.348 e. The summed E-state index contributed by atoms with van der Waals surface area (Å²) >= 11 is 3.90. The van der Waals surface area contributed by atoms with Crippen LogP contribution in [0, 0.1) is 11.3 Å². The molecule has 0 saturated heterocycles. The maximum atomic E-state index is 11.9. The van der Waals surface area contributed by atoms with E-state index in [1.807, 2.05) is 6.07 Å². The van der Waals surface area contributed by atoms with Gasteiger partial charge in [0.1, 0.15) is 21.5 Å². The fourth-order valence-corrected chi connectivity index (χ4v) is 4.01. The molecule has 2 N–H and O–H groups in total. The molecule has 0 atom stereocenters. The zero-order valence-corrected chi connectivity index (χ0v) is 12.9. The summed E-state index contributed by atoms with van der Waals surface area (Å²) in [5.74, 6) is -0.0153. The highest BCUT2D eigenvalue weighted by Gasteiger charge is 2.23. The van der Waals surface area contributed by atoms with Crippen LogP contribution in [-0.4, -0.2) is 22.8 Å². The number of esters is 1. The summed E-state index contributed by atoms with van der Waals surface area (Å²) < 4.78 is 5.76. The summed E-state index contributed by atoms with van der Waals surface area (Å²) in [4.78, 5) is 12.3. The number of aromatic nitrogens is 2. The van der Waals surface area contributed by atoms with Crippen molar-refractivity contribution >= 4 is 45.4 Å². The highest BCUT2D eigenvalue weighted by molar-refractivity contribution is 8.00. The smallest absolute Gasteiger partial charge is 0.348 e.